The van der Waals surface area contributed by atoms with E-state index < -0.39 is 14.2 Å². The Balaban J connectivity index is 5.54. The zero-order valence-electron chi connectivity index (χ0n) is 15.2. The second-order valence-electron chi connectivity index (χ2n) is 6.02. The molecule has 0 heterocycles. The maximum absolute atomic E-state index is 12.9. The van der Waals surface area contributed by atoms with Crippen LogP contribution in [-0.4, -0.2) is 51.3 Å². The molecule has 1 amide bonds. The lowest BCUT2D eigenvalue weighted by Gasteiger charge is -2.24. The minimum absolute atomic E-state index is 0.0251. The highest BCUT2D eigenvalue weighted by atomic mass is 127. The van der Waals surface area contributed by atoms with Gasteiger partial charge < -0.3 is 14.4 Å². The first-order chi connectivity index (χ1) is 11.1. The summed E-state index contributed by atoms with van der Waals surface area (Å²) in [6.07, 6.45) is 1.14. The van der Waals surface area contributed by atoms with E-state index in [0.29, 0.717) is 18.7 Å². The van der Waals surface area contributed by atoms with Gasteiger partial charge in [-0.05, 0) is 52.6 Å². The first-order valence-corrected chi connectivity index (χ1v) is 13.6. The lowest BCUT2D eigenvalue weighted by molar-refractivity contribution is -0.126. The zero-order valence-corrected chi connectivity index (χ0v) is 20.6. The van der Waals surface area contributed by atoms with Gasteiger partial charge >= 0.3 is 6.16 Å². The molecule has 24 heavy (non-hydrogen) atoms. The van der Waals surface area contributed by atoms with Gasteiger partial charge in [0, 0.05) is 22.2 Å². The van der Waals surface area contributed by atoms with Crippen molar-refractivity contribution in [2.75, 3.05) is 26.3 Å². The van der Waals surface area contributed by atoms with Crippen LogP contribution in [0.25, 0.3) is 0 Å². The van der Waals surface area contributed by atoms with Gasteiger partial charge in [0.15, 0.2) is 0 Å². The van der Waals surface area contributed by atoms with Crippen molar-refractivity contribution in [2.45, 2.75) is 40.4 Å². The summed E-state index contributed by atoms with van der Waals surface area (Å²) in [5.41, 5.74) is 0.704. The maximum Gasteiger partial charge on any atom is 0.508 e. The molecule has 138 valence electrons. The average Bonchev–Trinajstić information content (AvgIpc) is 2.50. The lowest BCUT2D eigenvalue weighted by Crippen LogP contribution is -2.34. The van der Waals surface area contributed by atoms with Crippen molar-refractivity contribution in [2.24, 2.45) is 0 Å². The van der Waals surface area contributed by atoms with E-state index in [-0.39, 0.29) is 19.1 Å². The van der Waals surface area contributed by atoms with E-state index in [1.807, 2.05) is 19.9 Å². The Labute approximate surface area is 173 Å². The number of amides is 1. The van der Waals surface area contributed by atoms with E-state index >= 15 is 0 Å². The highest BCUT2D eigenvalue weighted by Gasteiger charge is 2.26. The van der Waals surface area contributed by atoms with E-state index in [9.17, 15) is 9.59 Å². The molecule has 0 saturated heterocycles. The highest BCUT2D eigenvalue weighted by molar-refractivity contribution is 14.1. The van der Waals surface area contributed by atoms with Crippen LogP contribution < -0.4 is 0 Å². The van der Waals surface area contributed by atoms with Crippen molar-refractivity contribution >= 4 is 65.3 Å². The van der Waals surface area contributed by atoms with Gasteiger partial charge in [-0.1, -0.05) is 42.2 Å². The van der Waals surface area contributed by atoms with Crippen LogP contribution in [0.1, 0.15) is 20.8 Å². The Hall–Kier alpha value is -0.103. The molecule has 0 aliphatic heterocycles. The van der Waals surface area contributed by atoms with Crippen molar-refractivity contribution < 1.29 is 19.1 Å². The van der Waals surface area contributed by atoms with Crippen LogP contribution in [0.4, 0.5) is 4.79 Å². The molecule has 0 aromatic rings. The fraction of sp³-hybridized carbons (Fsp3) is 0.625. The number of hydrogen-bond acceptors (Lipinski definition) is 4. The monoisotopic (exact) mass is 579 g/mol. The normalized spacial score (nSPS) is 13.2. The standard InChI is InChI=1S/C16H27I2NO4Si/c1-7-19(8-2)15(20)13(14(18)24(4,5)6)10-12(17)11-23-16(21)22-9-3/h10H,7-9,11H2,1-6H3/b12-10-,14-13-. The number of rotatable bonds is 8. The van der Waals surface area contributed by atoms with Crippen LogP contribution in [0.2, 0.25) is 19.6 Å². The van der Waals surface area contributed by atoms with Crippen molar-refractivity contribution in [1.82, 2.24) is 4.90 Å². The van der Waals surface area contributed by atoms with Gasteiger partial charge in [-0.2, -0.15) is 0 Å². The minimum atomic E-state index is -1.64. The van der Waals surface area contributed by atoms with Crippen LogP contribution in [0.5, 0.6) is 0 Å². The van der Waals surface area contributed by atoms with Crippen LogP contribution in [0.15, 0.2) is 18.4 Å². The third kappa shape index (κ3) is 8.32. The SMILES string of the molecule is CCOC(=O)OC/C(I)=C/C(C(=O)N(CC)CC)=C(\I)[Si](C)(C)C. The molecule has 0 aromatic heterocycles. The first kappa shape index (κ1) is 23.9. The molecule has 0 aliphatic rings. The Morgan fingerprint density at radius 3 is 2.00 bits per heavy atom. The molecule has 0 N–H and O–H groups in total. The molecule has 0 fully saturated rings. The predicted octanol–water partition coefficient (Wildman–Crippen LogP) is 4.91. The molecule has 0 aliphatic carbocycles. The summed E-state index contributed by atoms with van der Waals surface area (Å²) in [6.45, 7) is 14.0. The summed E-state index contributed by atoms with van der Waals surface area (Å²) in [7, 11) is -1.64. The summed E-state index contributed by atoms with van der Waals surface area (Å²) in [5, 5.41) is 0. The molecule has 0 atom stereocenters. The summed E-state index contributed by atoms with van der Waals surface area (Å²) >= 11 is 4.39. The number of nitrogens with zero attached hydrogens (tertiary/aromatic N) is 1. The molecule has 0 saturated carbocycles. The molecule has 0 radical (unpaired) electrons. The third-order valence-corrected chi connectivity index (χ3v) is 10.7. The second-order valence-corrected chi connectivity index (χ2v) is 14.5. The Morgan fingerprint density at radius 2 is 1.58 bits per heavy atom. The lowest BCUT2D eigenvalue weighted by atomic mass is 10.2. The summed E-state index contributed by atoms with van der Waals surface area (Å²) in [5.74, 6) is 0.0251. The minimum Gasteiger partial charge on any atom is -0.435 e. The van der Waals surface area contributed by atoms with Gasteiger partial charge in [0.05, 0.1) is 14.7 Å². The predicted molar refractivity (Wildman–Crippen MR) is 117 cm³/mol. The Bertz CT molecular complexity index is 509. The largest absolute Gasteiger partial charge is 0.508 e. The Kier molecular flexibility index (Phi) is 11.5. The van der Waals surface area contributed by atoms with Gasteiger partial charge in [-0.3, -0.25) is 4.79 Å². The topological polar surface area (TPSA) is 55.8 Å². The fourth-order valence-corrected chi connectivity index (χ4v) is 3.63. The molecule has 0 rings (SSSR count). The van der Waals surface area contributed by atoms with Crippen LogP contribution in [0, 0.1) is 0 Å². The van der Waals surface area contributed by atoms with Gasteiger partial charge in [0.25, 0.3) is 5.91 Å². The first-order valence-electron chi connectivity index (χ1n) is 7.93. The number of likely N-dealkylation sites (N-methyl/N-ethyl adjacent to an activating group) is 1. The van der Waals surface area contributed by atoms with Crippen molar-refractivity contribution in [1.29, 1.82) is 0 Å². The quantitative estimate of drug-likeness (QED) is 0.135. The zero-order chi connectivity index (χ0) is 18.9. The van der Waals surface area contributed by atoms with E-state index in [4.69, 9.17) is 9.47 Å². The van der Waals surface area contributed by atoms with Crippen LogP contribution >= 0.6 is 45.2 Å². The third-order valence-electron chi connectivity index (χ3n) is 3.07. The van der Waals surface area contributed by atoms with Gasteiger partial charge in [0.1, 0.15) is 6.61 Å². The average molecular weight is 579 g/mol. The van der Waals surface area contributed by atoms with Gasteiger partial charge in [-0.15, -0.1) is 0 Å². The van der Waals surface area contributed by atoms with Gasteiger partial charge in [-0.25, -0.2) is 4.79 Å². The molecule has 0 spiro atoms. The molecule has 5 nitrogen and oxygen atoms in total. The number of hydrogen-bond donors (Lipinski definition) is 0. The van der Waals surface area contributed by atoms with Crippen LogP contribution in [-0.2, 0) is 14.3 Å². The molecule has 0 unspecified atom stereocenters. The van der Waals surface area contributed by atoms with E-state index in [2.05, 4.69) is 64.8 Å². The molecule has 0 aromatic carbocycles. The van der Waals surface area contributed by atoms with Gasteiger partial charge in [0.2, 0.25) is 0 Å². The number of halogens is 2. The van der Waals surface area contributed by atoms with E-state index in [0.717, 1.165) is 6.78 Å². The smallest absolute Gasteiger partial charge is 0.435 e. The highest BCUT2D eigenvalue weighted by Crippen LogP contribution is 2.28. The van der Waals surface area contributed by atoms with E-state index in [1.54, 1.807) is 11.8 Å². The Morgan fingerprint density at radius 1 is 1.04 bits per heavy atom. The molecular weight excluding hydrogens is 552 g/mol. The summed E-state index contributed by atoms with van der Waals surface area (Å²) in [4.78, 5) is 26.0. The molecule has 0 bridgehead atoms. The second kappa shape index (κ2) is 11.5. The molecular formula is C16H27I2NO4Si. The summed E-state index contributed by atoms with van der Waals surface area (Å²) in [6, 6.07) is 0. The maximum atomic E-state index is 12.9. The molecule has 8 heteroatoms. The van der Waals surface area contributed by atoms with Crippen LogP contribution in [0.3, 0.4) is 0 Å². The van der Waals surface area contributed by atoms with Crippen molar-refractivity contribution in [3.05, 3.63) is 18.4 Å². The summed E-state index contributed by atoms with van der Waals surface area (Å²) < 4.78 is 11.7. The van der Waals surface area contributed by atoms with Crippen molar-refractivity contribution in [3.8, 4) is 0 Å². The number of ether oxygens (including phenoxy) is 2. The number of carbonyl (C=O) groups is 2. The van der Waals surface area contributed by atoms with E-state index in [1.165, 1.54) is 0 Å². The van der Waals surface area contributed by atoms with Crippen molar-refractivity contribution in [3.63, 3.8) is 0 Å². The number of carbonyl (C=O) groups excluding carboxylic acids is 2. The fourth-order valence-electron chi connectivity index (χ4n) is 1.79.